The number of nitrogens with two attached hydrogens (primary N) is 1. The van der Waals surface area contributed by atoms with Gasteiger partial charge in [0.15, 0.2) is 0 Å². The Balaban J connectivity index is 1.98. The maximum absolute atomic E-state index is 5.51. The fourth-order valence-electron chi connectivity index (χ4n) is 2.11. The average Bonchev–Trinajstić information content (AvgIpc) is 2.52. The number of hydrogen-bond acceptors (Lipinski definition) is 3. The molecule has 2 atom stereocenters. The fraction of sp³-hybridized carbons (Fsp3) is 1.00. The lowest BCUT2D eigenvalue weighted by Crippen LogP contribution is -2.29. The van der Waals surface area contributed by atoms with Crippen LogP contribution >= 0.6 is 0 Å². The molecular formula is C11H25N3. The molecule has 0 radical (unpaired) electrons. The summed E-state index contributed by atoms with van der Waals surface area (Å²) in [7, 11) is 2.21. The minimum atomic E-state index is 0.721. The first-order valence-corrected chi connectivity index (χ1v) is 5.81. The summed E-state index contributed by atoms with van der Waals surface area (Å²) in [5, 5.41) is 3.55. The molecule has 3 N–H and O–H groups in total. The first-order valence-electron chi connectivity index (χ1n) is 5.81. The molecule has 1 aliphatic rings. The molecule has 1 fully saturated rings. The predicted molar refractivity (Wildman–Crippen MR) is 61.3 cm³/mol. The molecule has 0 spiro atoms. The third-order valence-electron chi connectivity index (χ3n) is 3.07. The topological polar surface area (TPSA) is 41.3 Å². The van der Waals surface area contributed by atoms with Crippen molar-refractivity contribution in [2.24, 2.45) is 17.6 Å². The third-order valence-corrected chi connectivity index (χ3v) is 3.07. The van der Waals surface area contributed by atoms with Gasteiger partial charge in [-0.15, -0.1) is 0 Å². The minimum absolute atomic E-state index is 0.721. The summed E-state index contributed by atoms with van der Waals surface area (Å²) in [6.07, 6.45) is 2.49. The quantitative estimate of drug-likeness (QED) is 0.655. The van der Waals surface area contributed by atoms with E-state index in [1.807, 2.05) is 0 Å². The van der Waals surface area contributed by atoms with Gasteiger partial charge in [0, 0.05) is 6.54 Å². The number of rotatable bonds is 6. The van der Waals surface area contributed by atoms with E-state index in [0.29, 0.717) is 0 Å². The summed E-state index contributed by atoms with van der Waals surface area (Å²) >= 11 is 0. The van der Waals surface area contributed by atoms with Gasteiger partial charge < -0.3 is 16.0 Å². The normalized spacial score (nSPS) is 25.5. The molecule has 2 unspecified atom stereocenters. The molecule has 0 bridgehead atoms. The summed E-state index contributed by atoms with van der Waals surface area (Å²) < 4.78 is 0. The van der Waals surface area contributed by atoms with Crippen molar-refractivity contribution in [2.45, 2.75) is 19.8 Å². The van der Waals surface area contributed by atoms with E-state index in [1.54, 1.807) is 0 Å². The van der Waals surface area contributed by atoms with Gasteiger partial charge in [0.25, 0.3) is 0 Å². The molecule has 14 heavy (non-hydrogen) atoms. The molecule has 3 nitrogen and oxygen atoms in total. The van der Waals surface area contributed by atoms with Gasteiger partial charge in [-0.2, -0.15) is 0 Å². The van der Waals surface area contributed by atoms with Gasteiger partial charge >= 0.3 is 0 Å². The first-order chi connectivity index (χ1) is 6.72. The molecule has 84 valence electrons. The molecule has 1 rings (SSSR count). The highest BCUT2D eigenvalue weighted by atomic mass is 15.1. The average molecular weight is 199 g/mol. The molecule has 0 saturated carbocycles. The molecule has 0 aliphatic carbocycles. The molecule has 0 amide bonds. The fourth-order valence-corrected chi connectivity index (χ4v) is 2.11. The lowest BCUT2D eigenvalue weighted by atomic mass is 10.1. The zero-order chi connectivity index (χ0) is 10.4. The van der Waals surface area contributed by atoms with Gasteiger partial charge in [0.05, 0.1) is 0 Å². The molecule has 0 aromatic heterocycles. The molecular weight excluding hydrogens is 174 g/mol. The van der Waals surface area contributed by atoms with E-state index in [1.165, 1.54) is 26.1 Å². The van der Waals surface area contributed by atoms with Crippen molar-refractivity contribution in [2.75, 3.05) is 39.8 Å². The zero-order valence-corrected chi connectivity index (χ0v) is 9.63. The third kappa shape index (κ3) is 4.40. The van der Waals surface area contributed by atoms with Crippen LogP contribution in [-0.4, -0.2) is 44.7 Å². The van der Waals surface area contributed by atoms with Gasteiger partial charge in [-0.05, 0) is 57.9 Å². The molecule has 3 heteroatoms. The van der Waals surface area contributed by atoms with Crippen molar-refractivity contribution >= 4 is 0 Å². The van der Waals surface area contributed by atoms with Crippen LogP contribution in [0, 0.1) is 11.8 Å². The second-order valence-electron chi connectivity index (χ2n) is 4.76. The van der Waals surface area contributed by atoms with E-state index in [9.17, 15) is 0 Å². The monoisotopic (exact) mass is 199 g/mol. The minimum Gasteiger partial charge on any atom is -0.330 e. The molecule has 1 aliphatic heterocycles. The van der Waals surface area contributed by atoms with Crippen LogP contribution in [-0.2, 0) is 0 Å². The van der Waals surface area contributed by atoms with E-state index in [4.69, 9.17) is 5.73 Å². The Bertz CT molecular complexity index is 149. The highest BCUT2D eigenvalue weighted by Gasteiger charge is 2.18. The van der Waals surface area contributed by atoms with E-state index < -0.39 is 0 Å². The second kappa shape index (κ2) is 6.38. The van der Waals surface area contributed by atoms with Crippen LogP contribution in [0.25, 0.3) is 0 Å². The number of hydrogen-bond donors (Lipinski definition) is 2. The van der Waals surface area contributed by atoms with Crippen LogP contribution < -0.4 is 11.1 Å². The SMILES string of the molecule is CC(CCN)CNCC1CCN(C)C1. The highest BCUT2D eigenvalue weighted by Crippen LogP contribution is 2.12. The van der Waals surface area contributed by atoms with Crippen LogP contribution in [0.2, 0.25) is 0 Å². The Kier molecular flexibility index (Phi) is 5.45. The van der Waals surface area contributed by atoms with Crippen LogP contribution in [0.1, 0.15) is 19.8 Å². The van der Waals surface area contributed by atoms with Crippen LogP contribution in [0.4, 0.5) is 0 Å². The van der Waals surface area contributed by atoms with Gasteiger partial charge in [0.1, 0.15) is 0 Å². The van der Waals surface area contributed by atoms with Crippen LogP contribution in [0.5, 0.6) is 0 Å². The lowest BCUT2D eigenvalue weighted by molar-refractivity contribution is 0.381. The zero-order valence-electron chi connectivity index (χ0n) is 9.63. The van der Waals surface area contributed by atoms with Crippen molar-refractivity contribution in [1.82, 2.24) is 10.2 Å². The Labute approximate surface area is 88.0 Å². The van der Waals surface area contributed by atoms with E-state index in [0.717, 1.165) is 31.3 Å². The van der Waals surface area contributed by atoms with E-state index in [-0.39, 0.29) is 0 Å². The smallest absolute Gasteiger partial charge is 0.00192 e. The standard InChI is InChI=1S/C11H25N3/c1-10(3-5-12)7-13-8-11-4-6-14(2)9-11/h10-11,13H,3-9,12H2,1-2H3. The van der Waals surface area contributed by atoms with Crippen molar-refractivity contribution in [3.05, 3.63) is 0 Å². The summed E-state index contributed by atoms with van der Waals surface area (Å²) in [5.74, 6) is 1.59. The van der Waals surface area contributed by atoms with Crippen molar-refractivity contribution in [3.8, 4) is 0 Å². The molecule has 0 aromatic carbocycles. The van der Waals surface area contributed by atoms with Gasteiger partial charge in [-0.25, -0.2) is 0 Å². The van der Waals surface area contributed by atoms with E-state index in [2.05, 4.69) is 24.2 Å². The van der Waals surface area contributed by atoms with Crippen molar-refractivity contribution < 1.29 is 0 Å². The van der Waals surface area contributed by atoms with Crippen molar-refractivity contribution in [1.29, 1.82) is 0 Å². The molecule has 1 heterocycles. The Morgan fingerprint density at radius 3 is 2.93 bits per heavy atom. The Morgan fingerprint density at radius 1 is 1.57 bits per heavy atom. The second-order valence-corrected chi connectivity index (χ2v) is 4.76. The number of likely N-dealkylation sites (tertiary alicyclic amines) is 1. The number of nitrogens with zero attached hydrogens (tertiary/aromatic N) is 1. The van der Waals surface area contributed by atoms with Crippen LogP contribution in [0.15, 0.2) is 0 Å². The van der Waals surface area contributed by atoms with Gasteiger partial charge in [-0.3, -0.25) is 0 Å². The highest BCUT2D eigenvalue weighted by molar-refractivity contribution is 4.74. The van der Waals surface area contributed by atoms with Crippen LogP contribution in [0.3, 0.4) is 0 Å². The van der Waals surface area contributed by atoms with E-state index >= 15 is 0 Å². The summed E-state index contributed by atoms with van der Waals surface area (Å²) in [6.45, 7) is 7.91. The summed E-state index contributed by atoms with van der Waals surface area (Å²) in [5.41, 5.74) is 5.51. The number of nitrogens with one attached hydrogen (secondary N) is 1. The maximum atomic E-state index is 5.51. The van der Waals surface area contributed by atoms with Gasteiger partial charge in [-0.1, -0.05) is 6.92 Å². The molecule has 1 saturated heterocycles. The first kappa shape index (κ1) is 12.0. The molecule has 0 aromatic rings. The van der Waals surface area contributed by atoms with Crippen molar-refractivity contribution in [3.63, 3.8) is 0 Å². The Morgan fingerprint density at radius 2 is 2.36 bits per heavy atom. The maximum Gasteiger partial charge on any atom is 0.00192 e. The largest absolute Gasteiger partial charge is 0.330 e. The van der Waals surface area contributed by atoms with Gasteiger partial charge in [0.2, 0.25) is 0 Å². The summed E-state index contributed by atoms with van der Waals surface area (Å²) in [6, 6.07) is 0. The summed E-state index contributed by atoms with van der Waals surface area (Å²) in [4.78, 5) is 2.41. The predicted octanol–water partition coefficient (Wildman–Crippen LogP) is 0.513. The lowest BCUT2D eigenvalue weighted by Gasteiger charge is -2.14. The Hall–Kier alpha value is -0.120.